The fraction of sp³-hybridized carbons (Fsp3) is 0.214. The molecule has 0 saturated heterocycles. The standard InChI is InChI=1S/C28H26N2O4S/c1-28(27-29-17-18-30-27,20-9-4-2-5-10-20)34-26-16-15-23-22(13-8-14-25(23)31)24(26)19-35(32,33)21-11-6-3-7-12-21/h2-7,9-12,15-18H,8,13-14,19H2,1H3,(H,29,30)/t28-/m0/s1. The Hall–Kier alpha value is -3.71. The third-order valence-corrected chi connectivity index (χ3v) is 8.20. The lowest BCUT2D eigenvalue weighted by atomic mass is 9.87. The van der Waals surface area contributed by atoms with Crippen molar-refractivity contribution >= 4 is 15.6 Å². The highest BCUT2D eigenvalue weighted by molar-refractivity contribution is 7.90. The van der Waals surface area contributed by atoms with Gasteiger partial charge < -0.3 is 9.72 Å². The van der Waals surface area contributed by atoms with Gasteiger partial charge in [-0.1, -0.05) is 48.5 Å². The van der Waals surface area contributed by atoms with Crippen LogP contribution in [0.15, 0.2) is 90.1 Å². The zero-order valence-corrected chi connectivity index (χ0v) is 20.2. The molecule has 0 bridgehead atoms. The first-order valence-corrected chi connectivity index (χ1v) is 13.2. The van der Waals surface area contributed by atoms with Gasteiger partial charge >= 0.3 is 0 Å². The molecule has 3 aromatic carbocycles. The number of aromatic nitrogens is 2. The quantitative estimate of drug-likeness (QED) is 0.386. The van der Waals surface area contributed by atoms with Crippen molar-refractivity contribution in [1.82, 2.24) is 9.97 Å². The Morgan fingerprint density at radius 3 is 2.37 bits per heavy atom. The van der Waals surface area contributed by atoms with Gasteiger partial charge in [0.05, 0.1) is 10.6 Å². The van der Waals surface area contributed by atoms with E-state index in [0.29, 0.717) is 42.0 Å². The minimum atomic E-state index is -3.68. The normalized spacial score (nSPS) is 15.3. The van der Waals surface area contributed by atoms with E-state index in [4.69, 9.17) is 4.74 Å². The van der Waals surface area contributed by atoms with E-state index in [0.717, 1.165) is 11.1 Å². The average Bonchev–Trinajstić information content (AvgIpc) is 3.43. The Labute approximate surface area is 204 Å². The molecule has 5 rings (SSSR count). The Morgan fingerprint density at radius 1 is 0.971 bits per heavy atom. The van der Waals surface area contributed by atoms with E-state index in [1.165, 1.54) is 0 Å². The molecule has 1 aliphatic carbocycles. The van der Waals surface area contributed by atoms with E-state index in [1.54, 1.807) is 54.9 Å². The molecule has 178 valence electrons. The Kier molecular flexibility index (Phi) is 6.03. The van der Waals surface area contributed by atoms with Crippen LogP contribution in [0, 0.1) is 0 Å². The number of aromatic amines is 1. The van der Waals surface area contributed by atoms with E-state index in [9.17, 15) is 13.2 Å². The van der Waals surface area contributed by atoms with Crippen molar-refractivity contribution in [2.75, 3.05) is 0 Å². The third-order valence-electron chi connectivity index (χ3n) is 6.54. The lowest BCUT2D eigenvalue weighted by Crippen LogP contribution is -2.33. The lowest BCUT2D eigenvalue weighted by Gasteiger charge is -2.32. The van der Waals surface area contributed by atoms with Crippen molar-refractivity contribution < 1.29 is 17.9 Å². The molecular weight excluding hydrogens is 460 g/mol. The van der Waals surface area contributed by atoms with Crippen molar-refractivity contribution in [3.63, 3.8) is 0 Å². The van der Waals surface area contributed by atoms with Gasteiger partial charge in [0, 0.05) is 35.5 Å². The van der Waals surface area contributed by atoms with Crippen molar-refractivity contribution in [2.45, 2.75) is 42.4 Å². The van der Waals surface area contributed by atoms with Gasteiger partial charge in [-0.3, -0.25) is 4.79 Å². The molecule has 1 aliphatic rings. The number of benzene rings is 3. The maximum Gasteiger partial charge on any atom is 0.188 e. The summed E-state index contributed by atoms with van der Waals surface area (Å²) < 4.78 is 33.5. The number of rotatable bonds is 7. The highest BCUT2D eigenvalue weighted by Gasteiger charge is 2.36. The molecule has 0 spiro atoms. The van der Waals surface area contributed by atoms with Crippen molar-refractivity contribution in [3.05, 3.63) is 113 Å². The number of fused-ring (bicyclic) bond motifs is 1. The summed E-state index contributed by atoms with van der Waals surface area (Å²) in [5, 5.41) is 0. The number of ketones is 1. The summed E-state index contributed by atoms with van der Waals surface area (Å²) in [6.07, 6.45) is 5.16. The fourth-order valence-electron chi connectivity index (χ4n) is 4.68. The van der Waals surface area contributed by atoms with E-state index >= 15 is 0 Å². The molecule has 4 aromatic rings. The summed E-state index contributed by atoms with van der Waals surface area (Å²) in [7, 11) is -3.68. The van der Waals surface area contributed by atoms with Gasteiger partial charge in [0.1, 0.15) is 5.75 Å². The smallest absolute Gasteiger partial charge is 0.188 e. The summed E-state index contributed by atoms with van der Waals surface area (Å²) in [5.41, 5.74) is 1.73. The first-order valence-electron chi connectivity index (χ1n) is 11.6. The number of H-pyrrole nitrogens is 1. The topological polar surface area (TPSA) is 89.1 Å². The van der Waals surface area contributed by atoms with Crippen molar-refractivity contribution in [1.29, 1.82) is 0 Å². The number of nitrogens with zero attached hydrogens (tertiary/aromatic N) is 1. The molecule has 1 atom stereocenters. The van der Waals surface area contributed by atoms with Gasteiger partial charge in [0.15, 0.2) is 27.0 Å². The number of sulfone groups is 1. The van der Waals surface area contributed by atoms with Crippen molar-refractivity contribution in [2.24, 2.45) is 0 Å². The van der Waals surface area contributed by atoms with Gasteiger partial charge in [0.2, 0.25) is 0 Å². The highest BCUT2D eigenvalue weighted by atomic mass is 32.2. The molecule has 7 heteroatoms. The zero-order chi connectivity index (χ0) is 24.5. The highest BCUT2D eigenvalue weighted by Crippen LogP contribution is 2.39. The van der Waals surface area contributed by atoms with Gasteiger partial charge in [-0.05, 0) is 49.6 Å². The molecule has 1 N–H and O–H groups in total. The van der Waals surface area contributed by atoms with Crippen LogP contribution in [0.2, 0.25) is 0 Å². The molecule has 0 fully saturated rings. The second-order valence-corrected chi connectivity index (χ2v) is 10.8. The SMILES string of the molecule is C[C@](Oc1ccc2c(c1CS(=O)(=O)c1ccccc1)CCCC2=O)(c1ccccc1)c1ncc[nH]1. The summed E-state index contributed by atoms with van der Waals surface area (Å²) in [5.74, 6) is 0.800. The van der Waals surface area contributed by atoms with E-state index in [1.807, 2.05) is 37.3 Å². The van der Waals surface area contributed by atoms with Gasteiger partial charge in [-0.2, -0.15) is 0 Å². The number of imidazole rings is 1. The Balaban J connectivity index is 1.66. The third kappa shape index (κ3) is 4.39. The molecule has 1 aromatic heterocycles. The molecule has 0 radical (unpaired) electrons. The van der Waals surface area contributed by atoms with Crippen LogP contribution in [-0.4, -0.2) is 24.2 Å². The lowest BCUT2D eigenvalue weighted by molar-refractivity contribution is 0.0971. The Morgan fingerprint density at radius 2 is 1.69 bits per heavy atom. The van der Waals surface area contributed by atoms with Crippen molar-refractivity contribution in [3.8, 4) is 5.75 Å². The summed E-state index contributed by atoms with van der Waals surface area (Å²) in [6.45, 7) is 1.90. The van der Waals surface area contributed by atoms with E-state index in [2.05, 4.69) is 9.97 Å². The van der Waals surface area contributed by atoms with Crippen LogP contribution >= 0.6 is 0 Å². The molecule has 6 nitrogen and oxygen atoms in total. The number of carbonyl (C=O) groups is 1. The number of Topliss-reactive ketones (excluding diaryl/α,β-unsaturated/α-hetero) is 1. The summed E-state index contributed by atoms with van der Waals surface area (Å²) >= 11 is 0. The first-order chi connectivity index (χ1) is 16.9. The largest absolute Gasteiger partial charge is 0.475 e. The first kappa shape index (κ1) is 23.1. The number of carbonyl (C=O) groups excluding carboxylic acids is 1. The average molecular weight is 487 g/mol. The minimum Gasteiger partial charge on any atom is -0.475 e. The summed E-state index contributed by atoms with van der Waals surface area (Å²) in [6, 6.07) is 21.5. The van der Waals surface area contributed by atoms with Crippen LogP contribution in [0.1, 0.15) is 52.6 Å². The number of hydrogen-bond acceptors (Lipinski definition) is 5. The number of hydrogen-bond donors (Lipinski definition) is 1. The number of ether oxygens (including phenoxy) is 1. The minimum absolute atomic E-state index is 0.0352. The molecule has 0 aliphatic heterocycles. The van der Waals surface area contributed by atoms with E-state index < -0.39 is 15.4 Å². The maximum atomic E-state index is 13.4. The fourth-order valence-corrected chi connectivity index (χ4v) is 6.11. The molecule has 0 amide bonds. The van der Waals surface area contributed by atoms with Gasteiger partial charge in [0.25, 0.3) is 0 Å². The van der Waals surface area contributed by atoms with Crippen LogP contribution in [-0.2, 0) is 27.6 Å². The van der Waals surface area contributed by atoms with Crippen LogP contribution in [0.3, 0.4) is 0 Å². The monoisotopic (exact) mass is 486 g/mol. The van der Waals surface area contributed by atoms with Gasteiger partial charge in [-0.15, -0.1) is 0 Å². The molecule has 0 unspecified atom stereocenters. The second kappa shape index (κ2) is 9.15. The van der Waals surface area contributed by atoms with Crippen LogP contribution < -0.4 is 4.74 Å². The zero-order valence-electron chi connectivity index (χ0n) is 19.4. The van der Waals surface area contributed by atoms with E-state index in [-0.39, 0.29) is 16.4 Å². The summed E-state index contributed by atoms with van der Waals surface area (Å²) in [4.78, 5) is 20.5. The predicted octanol–water partition coefficient (Wildman–Crippen LogP) is 5.25. The maximum absolute atomic E-state index is 13.4. The van der Waals surface area contributed by atoms with Gasteiger partial charge in [-0.25, -0.2) is 13.4 Å². The molecule has 0 saturated carbocycles. The predicted molar refractivity (Wildman–Crippen MR) is 133 cm³/mol. The van der Waals surface area contributed by atoms with Crippen LogP contribution in [0.5, 0.6) is 5.75 Å². The molecule has 1 heterocycles. The number of nitrogens with one attached hydrogen (secondary N) is 1. The van der Waals surface area contributed by atoms with Crippen LogP contribution in [0.25, 0.3) is 0 Å². The Bertz CT molecular complexity index is 1450. The van der Waals surface area contributed by atoms with Crippen LogP contribution in [0.4, 0.5) is 0 Å². The second-order valence-electron chi connectivity index (χ2n) is 8.86. The molecule has 35 heavy (non-hydrogen) atoms. The molecular formula is C28H26N2O4S.